The second kappa shape index (κ2) is 6.02. The van der Waals surface area contributed by atoms with E-state index in [2.05, 4.69) is 28.9 Å². The van der Waals surface area contributed by atoms with Crippen LogP contribution in [-0.2, 0) is 6.42 Å². The van der Waals surface area contributed by atoms with Gasteiger partial charge in [-0.25, -0.2) is 0 Å². The highest BCUT2D eigenvalue weighted by molar-refractivity contribution is 5.66. The fourth-order valence-corrected chi connectivity index (χ4v) is 2.46. The molecule has 1 fully saturated rings. The van der Waals surface area contributed by atoms with E-state index in [1.54, 1.807) is 7.11 Å². The molecule has 2 rings (SSSR count). The lowest BCUT2D eigenvalue weighted by Crippen LogP contribution is -2.44. The Morgan fingerprint density at radius 2 is 1.95 bits per heavy atom. The van der Waals surface area contributed by atoms with Crippen LogP contribution in [0.25, 0.3) is 0 Å². The van der Waals surface area contributed by atoms with Crippen molar-refractivity contribution in [1.29, 1.82) is 0 Å². The summed E-state index contributed by atoms with van der Waals surface area (Å²) in [6, 6.07) is 3.79. The number of likely N-dealkylation sites (N-methyl/N-ethyl adjacent to an activating group) is 1. The van der Waals surface area contributed by atoms with Gasteiger partial charge in [0.1, 0.15) is 11.4 Å². The lowest BCUT2D eigenvalue weighted by Gasteiger charge is -2.35. The molecule has 0 bridgehead atoms. The molecule has 1 aliphatic heterocycles. The summed E-state index contributed by atoms with van der Waals surface area (Å²) >= 11 is 0. The molecular formula is C14H21N3O2. The number of hydrogen-bond donors (Lipinski definition) is 0. The molecule has 1 aliphatic rings. The number of nitrogens with zero attached hydrogens (tertiary/aromatic N) is 3. The first-order valence-corrected chi connectivity index (χ1v) is 6.67. The molecule has 1 saturated heterocycles. The molecule has 0 saturated carbocycles. The molecule has 0 radical (unpaired) electrons. The number of hydrogen-bond acceptors (Lipinski definition) is 5. The van der Waals surface area contributed by atoms with E-state index >= 15 is 0 Å². The van der Waals surface area contributed by atoms with Gasteiger partial charge < -0.3 is 14.5 Å². The molecule has 19 heavy (non-hydrogen) atoms. The van der Waals surface area contributed by atoms with Gasteiger partial charge in [-0.05, 0) is 30.3 Å². The van der Waals surface area contributed by atoms with Crippen molar-refractivity contribution in [1.82, 2.24) is 4.90 Å². The second-order valence-electron chi connectivity index (χ2n) is 4.89. The maximum Gasteiger partial charge on any atom is 0.150 e. The van der Waals surface area contributed by atoms with E-state index in [-0.39, 0.29) is 0 Å². The molecule has 5 heteroatoms. The second-order valence-corrected chi connectivity index (χ2v) is 4.89. The van der Waals surface area contributed by atoms with Crippen LogP contribution in [0.3, 0.4) is 0 Å². The van der Waals surface area contributed by atoms with Crippen molar-refractivity contribution in [2.75, 3.05) is 45.2 Å². The van der Waals surface area contributed by atoms with Crippen LogP contribution in [0.5, 0.6) is 5.75 Å². The third-order valence-electron chi connectivity index (χ3n) is 3.70. The SMILES string of the molecule is CCc1cc(N=O)c(OC)cc1N1CCN(C)CC1. The fourth-order valence-electron chi connectivity index (χ4n) is 2.46. The number of anilines is 1. The van der Waals surface area contributed by atoms with Crippen molar-refractivity contribution in [3.63, 3.8) is 0 Å². The lowest BCUT2D eigenvalue weighted by molar-refractivity contribution is 0.312. The molecule has 5 nitrogen and oxygen atoms in total. The number of piperazine rings is 1. The molecule has 0 aromatic heterocycles. The number of ether oxygens (including phenoxy) is 1. The normalized spacial score (nSPS) is 16.5. The predicted molar refractivity (Wildman–Crippen MR) is 77.5 cm³/mol. The average molecular weight is 263 g/mol. The zero-order chi connectivity index (χ0) is 13.8. The molecule has 0 spiro atoms. The Bertz CT molecular complexity index is 454. The summed E-state index contributed by atoms with van der Waals surface area (Å²) in [5, 5.41) is 3.05. The minimum atomic E-state index is 0.386. The van der Waals surface area contributed by atoms with E-state index in [4.69, 9.17) is 4.74 Å². The van der Waals surface area contributed by atoms with Crippen LogP contribution in [0.4, 0.5) is 11.4 Å². The zero-order valence-corrected chi connectivity index (χ0v) is 11.8. The maximum atomic E-state index is 10.8. The van der Waals surface area contributed by atoms with Gasteiger partial charge in [0.15, 0.2) is 0 Å². The topological polar surface area (TPSA) is 45.1 Å². The van der Waals surface area contributed by atoms with Crippen molar-refractivity contribution in [2.45, 2.75) is 13.3 Å². The van der Waals surface area contributed by atoms with E-state index in [0.29, 0.717) is 11.4 Å². The van der Waals surface area contributed by atoms with Crippen LogP contribution in [-0.4, -0.2) is 45.2 Å². The van der Waals surface area contributed by atoms with Crippen molar-refractivity contribution in [2.24, 2.45) is 5.18 Å². The minimum absolute atomic E-state index is 0.386. The predicted octanol–water partition coefficient (Wildman–Crippen LogP) is 2.41. The van der Waals surface area contributed by atoms with Crippen LogP contribution in [0.2, 0.25) is 0 Å². The number of rotatable bonds is 4. The summed E-state index contributed by atoms with van der Waals surface area (Å²) in [7, 11) is 3.71. The van der Waals surface area contributed by atoms with E-state index in [0.717, 1.165) is 38.2 Å². The molecule has 0 unspecified atom stereocenters. The summed E-state index contributed by atoms with van der Waals surface area (Å²) in [6.07, 6.45) is 0.883. The highest BCUT2D eigenvalue weighted by Gasteiger charge is 2.19. The van der Waals surface area contributed by atoms with E-state index < -0.39 is 0 Å². The van der Waals surface area contributed by atoms with Gasteiger partial charge in [0, 0.05) is 37.9 Å². The van der Waals surface area contributed by atoms with Gasteiger partial charge in [0.25, 0.3) is 0 Å². The van der Waals surface area contributed by atoms with Gasteiger partial charge in [-0.3, -0.25) is 0 Å². The first-order valence-electron chi connectivity index (χ1n) is 6.67. The molecule has 1 aromatic rings. The average Bonchev–Trinajstić information content (AvgIpc) is 2.46. The van der Waals surface area contributed by atoms with Gasteiger partial charge in [-0.15, -0.1) is 4.91 Å². The Morgan fingerprint density at radius 1 is 1.26 bits per heavy atom. The monoisotopic (exact) mass is 263 g/mol. The van der Waals surface area contributed by atoms with Crippen LogP contribution < -0.4 is 9.64 Å². The molecular weight excluding hydrogens is 242 g/mol. The number of benzene rings is 1. The largest absolute Gasteiger partial charge is 0.494 e. The van der Waals surface area contributed by atoms with Crippen LogP contribution in [0.15, 0.2) is 17.3 Å². The third kappa shape index (κ3) is 2.87. The Balaban J connectivity index is 2.35. The van der Waals surface area contributed by atoms with Crippen LogP contribution in [0, 0.1) is 4.91 Å². The summed E-state index contributed by atoms with van der Waals surface area (Å²) in [4.78, 5) is 15.5. The molecule has 0 aliphatic carbocycles. The summed E-state index contributed by atoms with van der Waals surface area (Å²) in [5.41, 5.74) is 2.71. The van der Waals surface area contributed by atoms with E-state index in [1.807, 2.05) is 12.1 Å². The quantitative estimate of drug-likeness (QED) is 0.783. The zero-order valence-electron chi connectivity index (χ0n) is 11.8. The number of aryl methyl sites for hydroxylation is 1. The smallest absolute Gasteiger partial charge is 0.150 e. The fraction of sp³-hybridized carbons (Fsp3) is 0.571. The van der Waals surface area contributed by atoms with Gasteiger partial charge in [0.2, 0.25) is 0 Å². The number of nitroso groups, excluding NO2 is 1. The number of methoxy groups -OCH3 is 1. The van der Waals surface area contributed by atoms with Gasteiger partial charge in [0.05, 0.1) is 7.11 Å². The highest BCUT2D eigenvalue weighted by Crippen LogP contribution is 2.35. The standard InChI is InChI=1S/C14H21N3O2/c1-4-11-9-12(15-18)14(19-3)10-13(11)17-7-5-16(2)6-8-17/h9-10H,4-8H2,1-3H3. The van der Waals surface area contributed by atoms with Crippen LogP contribution in [0.1, 0.15) is 12.5 Å². The summed E-state index contributed by atoms with van der Waals surface area (Å²) in [5.74, 6) is 0.557. The van der Waals surface area contributed by atoms with Crippen molar-refractivity contribution < 1.29 is 4.74 Å². The molecule has 0 atom stereocenters. The Labute approximate surface area is 114 Å². The van der Waals surface area contributed by atoms with Gasteiger partial charge in [-0.1, -0.05) is 6.92 Å². The molecule has 1 aromatic carbocycles. The molecule has 1 heterocycles. The highest BCUT2D eigenvalue weighted by atomic mass is 16.5. The first-order chi connectivity index (χ1) is 9.19. The maximum absolute atomic E-state index is 10.8. The van der Waals surface area contributed by atoms with Gasteiger partial charge >= 0.3 is 0 Å². The Hall–Kier alpha value is -1.62. The minimum Gasteiger partial charge on any atom is -0.494 e. The van der Waals surface area contributed by atoms with Crippen molar-refractivity contribution in [3.05, 3.63) is 22.6 Å². The van der Waals surface area contributed by atoms with Gasteiger partial charge in [-0.2, -0.15) is 0 Å². The van der Waals surface area contributed by atoms with Crippen molar-refractivity contribution in [3.8, 4) is 5.75 Å². The van der Waals surface area contributed by atoms with Crippen LogP contribution >= 0.6 is 0 Å². The Morgan fingerprint density at radius 3 is 2.47 bits per heavy atom. The van der Waals surface area contributed by atoms with E-state index in [9.17, 15) is 4.91 Å². The first kappa shape index (κ1) is 13.8. The van der Waals surface area contributed by atoms with Crippen molar-refractivity contribution >= 4 is 11.4 Å². The summed E-state index contributed by atoms with van der Waals surface area (Å²) in [6.45, 7) is 6.20. The Kier molecular flexibility index (Phi) is 4.37. The molecule has 0 amide bonds. The lowest BCUT2D eigenvalue weighted by atomic mass is 10.1. The molecule has 104 valence electrons. The summed E-state index contributed by atoms with van der Waals surface area (Å²) < 4.78 is 5.26. The molecule has 0 N–H and O–H groups in total. The third-order valence-corrected chi connectivity index (χ3v) is 3.70. The van der Waals surface area contributed by atoms with E-state index in [1.165, 1.54) is 5.69 Å².